The van der Waals surface area contributed by atoms with Gasteiger partial charge in [-0.2, -0.15) is 0 Å². The summed E-state index contributed by atoms with van der Waals surface area (Å²) >= 11 is 0. The van der Waals surface area contributed by atoms with Crippen molar-refractivity contribution in [3.05, 3.63) is 0 Å². The third-order valence-corrected chi connectivity index (χ3v) is 6.24. The Kier molecular flexibility index (Phi) is 4.92. The largest absolute Gasteiger partial charge is 0.394 e. The summed E-state index contributed by atoms with van der Waals surface area (Å²) in [5.41, 5.74) is -0.0123. The summed E-state index contributed by atoms with van der Waals surface area (Å²) < 4.78 is 0. The first-order valence-electron chi connectivity index (χ1n) is 9.28. The van der Waals surface area contributed by atoms with Gasteiger partial charge < -0.3 is 10.4 Å². The monoisotopic (exact) mass is 294 g/mol. The van der Waals surface area contributed by atoms with E-state index in [4.69, 9.17) is 0 Å². The van der Waals surface area contributed by atoms with E-state index < -0.39 is 0 Å². The van der Waals surface area contributed by atoms with Crippen LogP contribution in [-0.2, 0) is 0 Å². The van der Waals surface area contributed by atoms with Gasteiger partial charge in [-0.05, 0) is 57.4 Å². The van der Waals surface area contributed by atoms with Crippen LogP contribution < -0.4 is 5.32 Å². The van der Waals surface area contributed by atoms with Gasteiger partial charge in [0.1, 0.15) is 0 Å². The molecule has 2 saturated carbocycles. The van der Waals surface area contributed by atoms with E-state index >= 15 is 0 Å². The van der Waals surface area contributed by atoms with Crippen molar-refractivity contribution in [2.45, 2.75) is 95.3 Å². The van der Waals surface area contributed by atoms with Crippen LogP contribution in [0.15, 0.2) is 0 Å². The van der Waals surface area contributed by atoms with E-state index in [1.54, 1.807) is 0 Å². The molecule has 0 spiro atoms. The SMILES string of the molecule is CC(C)NC1(CO)CCC(N2CCCC2C2CCCC2)C1. The summed E-state index contributed by atoms with van der Waals surface area (Å²) in [5, 5.41) is 13.6. The zero-order valence-corrected chi connectivity index (χ0v) is 14.0. The first-order chi connectivity index (χ1) is 10.1. The minimum absolute atomic E-state index is 0.0123. The highest BCUT2D eigenvalue weighted by Gasteiger charge is 2.45. The minimum Gasteiger partial charge on any atom is -0.394 e. The van der Waals surface area contributed by atoms with Gasteiger partial charge in [0.2, 0.25) is 0 Å². The van der Waals surface area contributed by atoms with Crippen molar-refractivity contribution < 1.29 is 5.11 Å². The third-order valence-electron chi connectivity index (χ3n) is 6.24. The lowest BCUT2D eigenvalue weighted by molar-refractivity contribution is 0.112. The minimum atomic E-state index is -0.0123. The summed E-state index contributed by atoms with van der Waals surface area (Å²) in [4.78, 5) is 2.84. The molecule has 0 aromatic carbocycles. The second kappa shape index (κ2) is 6.55. The van der Waals surface area contributed by atoms with Crippen LogP contribution in [0.5, 0.6) is 0 Å². The van der Waals surface area contributed by atoms with E-state index in [0.717, 1.165) is 24.8 Å². The Labute approximate surface area is 130 Å². The Balaban J connectivity index is 1.64. The average Bonchev–Trinajstić information content (AvgIpc) is 3.18. The van der Waals surface area contributed by atoms with Crippen LogP contribution in [0.1, 0.15) is 71.6 Å². The average molecular weight is 294 g/mol. The maximum atomic E-state index is 9.92. The molecule has 3 heteroatoms. The van der Waals surface area contributed by atoms with Gasteiger partial charge in [-0.25, -0.2) is 0 Å². The lowest BCUT2D eigenvalue weighted by Crippen LogP contribution is -2.51. The molecule has 122 valence electrons. The van der Waals surface area contributed by atoms with Crippen LogP contribution in [0, 0.1) is 5.92 Å². The zero-order valence-electron chi connectivity index (χ0n) is 14.0. The third kappa shape index (κ3) is 3.30. The lowest BCUT2D eigenvalue weighted by atomic mass is 9.94. The van der Waals surface area contributed by atoms with Gasteiger partial charge >= 0.3 is 0 Å². The Hall–Kier alpha value is -0.120. The second-order valence-corrected chi connectivity index (χ2v) is 8.13. The van der Waals surface area contributed by atoms with E-state index in [2.05, 4.69) is 24.1 Å². The molecule has 0 amide bonds. The second-order valence-electron chi connectivity index (χ2n) is 8.13. The number of aliphatic hydroxyl groups excluding tert-OH is 1. The molecule has 0 bridgehead atoms. The number of nitrogens with zero attached hydrogens (tertiary/aromatic N) is 1. The van der Waals surface area contributed by atoms with E-state index in [1.165, 1.54) is 51.5 Å². The van der Waals surface area contributed by atoms with Crippen molar-refractivity contribution in [2.24, 2.45) is 5.92 Å². The van der Waals surface area contributed by atoms with Crippen LogP contribution in [0.2, 0.25) is 0 Å². The van der Waals surface area contributed by atoms with Crippen LogP contribution in [0.25, 0.3) is 0 Å². The standard InChI is InChI=1S/C18H34N2O/c1-14(2)19-18(13-21)10-9-16(12-18)20-11-5-8-17(20)15-6-3-4-7-15/h14-17,19,21H,3-13H2,1-2H3. The topological polar surface area (TPSA) is 35.5 Å². The van der Waals surface area contributed by atoms with E-state index in [9.17, 15) is 5.11 Å². The molecule has 1 aliphatic heterocycles. The number of hydrogen-bond acceptors (Lipinski definition) is 3. The fourth-order valence-electron chi connectivity index (χ4n) is 5.43. The van der Waals surface area contributed by atoms with E-state index in [0.29, 0.717) is 18.7 Å². The van der Waals surface area contributed by atoms with Gasteiger partial charge in [-0.3, -0.25) is 4.90 Å². The number of nitrogens with one attached hydrogen (secondary N) is 1. The molecule has 0 aromatic rings. The molecule has 0 aromatic heterocycles. The van der Waals surface area contributed by atoms with Gasteiger partial charge in [-0.15, -0.1) is 0 Å². The smallest absolute Gasteiger partial charge is 0.0614 e. The molecule has 0 radical (unpaired) electrons. The van der Waals surface area contributed by atoms with E-state index in [1.807, 2.05) is 0 Å². The van der Waals surface area contributed by atoms with Crippen molar-refractivity contribution in [1.29, 1.82) is 0 Å². The van der Waals surface area contributed by atoms with E-state index in [-0.39, 0.29) is 5.54 Å². The van der Waals surface area contributed by atoms with Gasteiger partial charge in [0.15, 0.2) is 0 Å². The molecule has 1 saturated heterocycles. The Morgan fingerprint density at radius 1 is 1.14 bits per heavy atom. The number of aliphatic hydroxyl groups is 1. The first-order valence-corrected chi connectivity index (χ1v) is 9.28. The predicted molar refractivity (Wildman–Crippen MR) is 87.4 cm³/mol. The van der Waals surface area contributed by atoms with Crippen molar-refractivity contribution in [1.82, 2.24) is 10.2 Å². The predicted octanol–water partition coefficient (Wildman–Crippen LogP) is 2.92. The van der Waals surface area contributed by atoms with Crippen LogP contribution in [0.4, 0.5) is 0 Å². The van der Waals surface area contributed by atoms with Crippen molar-refractivity contribution in [2.75, 3.05) is 13.2 Å². The molecule has 3 unspecified atom stereocenters. The Morgan fingerprint density at radius 2 is 1.90 bits per heavy atom. The molecule has 3 rings (SSSR count). The summed E-state index contributed by atoms with van der Waals surface area (Å²) in [5.74, 6) is 0.967. The fraction of sp³-hybridized carbons (Fsp3) is 1.00. The van der Waals surface area contributed by atoms with Gasteiger partial charge in [-0.1, -0.05) is 26.7 Å². The molecule has 2 aliphatic carbocycles. The molecular formula is C18H34N2O. The Bertz CT molecular complexity index is 340. The van der Waals surface area contributed by atoms with Crippen LogP contribution >= 0.6 is 0 Å². The molecule has 3 nitrogen and oxygen atoms in total. The zero-order chi connectivity index (χ0) is 14.9. The van der Waals surface area contributed by atoms with Crippen molar-refractivity contribution >= 4 is 0 Å². The van der Waals surface area contributed by atoms with Gasteiger partial charge in [0.05, 0.1) is 6.61 Å². The number of hydrogen-bond donors (Lipinski definition) is 2. The van der Waals surface area contributed by atoms with Gasteiger partial charge in [0.25, 0.3) is 0 Å². The molecule has 3 fully saturated rings. The highest BCUT2D eigenvalue weighted by Crippen LogP contribution is 2.41. The highest BCUT2D eigenvalue weighted by atomic mass is 16.3. The van der Waals surface area contributed by atoms with Crippen LogP contribution in [0.3, 0.4) is 0 Å². The maximum absolute atomic E-state index is 9.92. The summed E-state index contributed by atoms with van der Waals surface area (Å²) in [6, 6.07) is 2.02. The Morgan fingerprint density at radius 3 is 2.57 bits per heavy atom. The normalized spacial score (nSPS) is 38.9. The highest BCUT2D eigenvalue weighted by molar-refractivity contribution is 5.03. The quantitative estimate of drug-likeness (QED) is 0.818. The molecule has 3 aliphatic rings. The number of likely N-dealkylation sites (tertiary alicyclic amines) is 1. The maximum Gasteiger partial charge on any atom is 0.0614 e. The molecule has 3 atom stereocenters. The molecule has 1 heterocycles. The lowest BCUT2D eigenvalue weighted by Gasteiger charge is -2.36. The fourth-order valence-corrected chi connectivity index (χ4v) is 5.43. The van der Waals surface area contributed by atoms with Gasteiger partial charge in [0, 0.05) is 23.7 Å². The number of rotatable bonds is 5. The first kappa shape index (κ1) is 15.8. The van der Waals surface area contributed by atoms with Crippen molar-refractivity contribution in [3.8, 4) is 0 Å². The molecule has 21 heavy (non-hydrogen) atoms. The summed E-state index contributed by atoms with van der Waals surface area (Å²) in [7, 11) is 0. The summed E-state index contributed by atoms with van der Waals surface area (Å²) in [6.07, 6.45) is 12.2. The summed E-state index contributed by atoms with van der Waals surface area (Å²) in [6.45, 7) is 5.99. The van der Waals surface area contributed by atoms with Crippen molar-refractivity contribution in [3.63, 3.8) is 0 Å². The molecule has 2 N–H and O–H groups in total. The van der Waals surface area contributed by atoms with Crippen LogP contribution in [-0.4, -0.2) is 46.8 Å². The molecular weight excluding hydrogens is 260 g/mol.